The van der Waals surface area contributed by atoms with Crippen LogP contribution < -0.4 is 0 Å². The van der Waals surface area contributed by atoms with Crippen LogP contribution >= 0.6 is 0 Å². The molecule has 0 bridgehead atoms. The maximum Gasteiger partial charge on any atom is 0.306 e. The van der Waals surface area contributed by atoms with Gasteiger partial charge in [-0.15, -0.1) is 0 Å². The fourth-order valence-corrected chi connectivity index (χ4v) is 6.60. The highest BCUT2D eigenvalue weighted by molar-refractivity contribution is 5.70. The fourth-order valence-electron chi connectivity index (χ4n) is 6.60. The molecule has 51 heavy (non-hydrogen) atoms. The van der Waals surface area contributed by atoms with Crippen molar-refractivity contribution in [3.05, 3.63) is 0 Å². The molecule has 1 aliphatic rings. The van der Waals surface area contributed by atoms with E-state index in [9.17, 15) is 30.0 Å². The number of unbranched alkanes of at least 4 members (excludes halogenated alkanes) is 24. The Hall–Kier alpha value is -1.30. The van der Waals surface area contributed by atoms with E-state index in [4.69, 9.17) is 18.9 Å². The summed E-state index contributed by atoms with van der Waals surface area (Å²) in [6.45, 7) is 3.42. The molecule has 0 aliphatic carbocycles. The highest BCUT2D eigenvalue weighted by Gasteiger charge is 2.44. The van der Waals surface area contributed by atoms with Gasteiger partial charge in [-0.05, 0) is 12.8 Å². The predicted octanol–water partition coefficient (Wildman–Crippen LogP) is 8.22. The lowest BCUT2D eigenvalue weighted by atomic mass is 9.99. The smallest absolute Gasteiger partial charge is 0.306 e. The fraction of sp³-hybridized carbons (Fsp3) is 0.951. The van der Waals surface area contributed by atoms with E-state index >= 15 is 0 Å². The van der Waals surface area contributed by atoms with Crippen LogP contribution in [-0.4, -0.2) is 89.0 Å². The molecule has 1 rings (SSSR count). The van der Waals surface area contributed by atoms with Crippen LogP contribution in [0.25, 0.3) is 0 Å². The summed E-state index contributed by atoms with van der Waals surface area (Å²) < 4.78 is 22.1. The van der Waals surface area contributed by atoms with E-state index in [-0.39, 0.29) is 32.0 Å². The third-order valence-corrected chi connectivity index (χ3v) is 9.99. The molecule has 0 spiro atoms. The minimum absolute atomic E-state index is 0.209. The maximum absolute atomic E-state index is 12.7. The molecule has 0 radical (unpaired) electrons. The number of ether oxygens (including phenoxy) is 4. The van der Waals surface area contributed by atoms with Crippen LogP contribution in [0.15, 0.2) is 0 Å². The van der Waals surface area contributed by atoms with E-state index in [1.54, 1.807) is 0 Å². The molecule has 0 aromatic heterocycles. The van der Waals surface area contributed by atoms with Crippen molar-refractivity contribution in [2.24, 2.45) is 0 Å². The van der Waals surface area contributed by atoms with E-state index in [1.165, 1.54) is 122 Å². The van der Waals surface area contributed by atoms with Gasteiger partial charge >= 0.3 is 11.9 Å². The second-order valence-electron chi connectivity index (χ2n) is 14.8. The van der Waals surface area contributed by atoms with Gasteiger partial charge in [0.25, 0.3) is 0 Å². The van der Waals surface area contributed by atoms with Gasteiger partial charge in [0.1, 0.15) is 31.0 Å². The Morgan fingerprint density at radius 3 is 1.33 bits per heavy atom. The second-order valence-corrected chi connectivity index (χ2v) is 14.8. The first-order valence-corrected chi connectivity index (χ1v) is 21.1. The number of esters is 2. The number of aliphatic hydroxyl groups is 4. The van der Waals surface area contributed by atoms with Crippen LogP contribution in [0, 0.1) is 0 Å². The molecule has 0 aromatic carbocycles. The summed E-state index contributed by atoms with van der Waals surface area (Å²) in [6, 6.07) is 0. The SMILES string of the molecule is CCCCCCCCCCCCCCCCCC(=O)OC[C@@H](CO[C@H]1O[C@@H](CO)[C@@H](O)C(O)C1O)OC(=O)CCCCCCCCCCCCC. The zero-order valence-corrected chi connectivity index (χ0v) is 32.6. The van der Waals surface area contributed by atoms with Gasteiger partial charge in [0.2, 0.25) is 0 Å². The summed E-state index contributed by atoms with van der Waals surface area (Å²) in [5.74, 6) is -0.796. The standard InChI is InChI=1S/C41H78O10/c1-3-5-7-9-11-13-15-16-17-18-20-21-23-25-27-29-36(43)48-32-34(33-49-41-40(47)39(46)38(45)35(31-42)51-41)50-37(44)30-28-26-24-22-19-14-12-10-8-6-4-2/h34-35,38-42,45-47H,3-33H2,1-2H3/t34-,35-,38+,39?,40?,41-/m0/s1. The van der Waals surface area contributed by atoms with Gasteiger partial charge in [-0.25, -0.2) is 0 Å². The molecule has 10 heteroatoms. The van der Waals surface area contributed by atoms with Gasteiger partial charge in [0.15, 0.2) is 12.4 Å². The van der Waals surface area contributed by atoms with Gasteiger partial charge in [-0.3, -0.25) is 9.59 Å². The summed E-state index contributed by atoms with van der Waals surface area (Å²) in [6.07, 6.45) is 24.0. The van der Waals surface area contributed by atoms with Crippen molar-refractivity contribution < 1.29 is 49.0 Å². The van der Waals surface area contributed by atoms with Crippen LogP contribution in [-0.2, 0) is 28.5 Å². The molecule has 2 unspecified atom stereocenters. The highest BCUT2D eigenvalue weighted by Crippen LogP contribution is 2.23. The third-order valence-electron chi connectivity index (χ3n) is 9.99. The second kappa shape index (κ2) is 33.3. The molecule has 10 nitrogen and oxygen atoms in total. The average Bonchev–Trinajstić information content (AvgIpc) is 3.13. The first kappa shape index (κ1) is 47.7. The van der Waals surface area contributed by atoms with Gasteiger partial charge < -0.3 is 39.4 Å². The van der Waals surface area contributed by atoms with E-state index in [1.807, 2.05) is 0 Å². The van der Waals surface area contributed by atoms with Gasteiger partial charge in [0, 0.05) is 12.8 Å². The molecular formula is C41H78O10. The average molecular weight is 731 g/mol. The lowest BCUT2D eigenvalue weighted by Crippen LogP contribution is -2.59. The van der Waals surface area contributed by atoms with E-state index in [0.717, 1.165) is 38.5 Å². The Morgan fingerprint density at radius 2 is 0.922 bits per heavy atom. The third kappa shape index (κ3) is 25.4. The molecule has 302 valence electrons. The van der Waals surface area contributed by atoms with Crippen LogP contribution in [0.1, 0.15) is 194 Å². The highest BCUT2D eigenvalue weighted by atomic mass is 16.7. The van der Waals surface area contributed by atoms with E-state index < -0.39 is 49.4 Å². The van der Waals surface area contributed by atoms with Crippen LogP contribution in [0.5, 0.6) is 0 Å². The number of carbonyl (C=O) groups excluding carboxylic acids is 2. The Balaban J connectivity index is 2.33. The molecule has 0 aromatic rings. The molecular weight excluding hydrogens is 652 g/mol. The summed E-state index contributed by atoms with van der Waals surface area (Å²) >= 11 is 0. The van der Waals surface area contributed by atoms with Gasteiger partial charge in [-0.2, -0.15) is 0 Å². The van der Waals surface area contributed by atoms with Crippen molar-refractivity contribution in [3.63, 3.8) is 0 Å². The lowest BCUT2D eigenvalue weighted by molar-refractivity contribution is -0.305. The number of carbonyl (C=O) groups is 2. The maximum atomic E-state index is 12.7. The Kier molecular flexibility index (Phi) is 31.1. The molecule has 1 saturated heterocycles. The molecule has 0 saturated carbocycles. The molecule has 1 aliphatic heterocycles. The zero-order valence-electron chi connectivity index (χ0n) is 32.6. The van der Waals surface area contributed by atoms with Crippen LogP contribution in [0.4, 0.5) is 0 Å². The number of rotatable bonds is 35. The summed E-state index contributed by atoms with van der Waals surface area (Å²) in [4.78, 5) is 25.2. The van der Waals surface area contributed by atoms with Crippen molar-refractivity contribution in [2.75, 3.05) is 19.8 Å². The molecule has 1 heterocycles. The molecule has 0 amide bonds. The first-order chi connectivity index (χ1) is 24.8. The summed E-state index contributed by atoms with van der Waals surface area (Å²) in [7, 11) is 0. The number of aliphatic hydroxyl groups excluding tert-OH is 4. The predicted molar refractivity (Wildman–Crippen MR) is 201 cm³/mol. The Morgan fingerprint density at radius 1 is 0.529 bits per heavy atom. The first-order valence-electron chi connectivity index (χ1n) is 21.1. The van der Waals surface area contributed by atoms with Gasteiger partial charge in [-0.1, -0.05) is 168 Å². The van der Waals surface area contributed by atoms with Crippen molar-refractivity contribution in [1.82, 2.24) is 0 Å². The molecule has 6 atom stereocenters. The van der Waals surface area contributed by atoms with Crippen LogP contribution in [0.2, 0.25) is 0 Å². The molecule has 1 fully saturated rings. The van der Waals surface area contributed by atoms with Crippen molar-refractivity contribution in [1.29, 1.82) is 0 Å². The number of hydrogen-bond donors (Lipinski definition) is 4. The minimum Gasteiger partial charge on any atom is -0.462 e. The zero-order chi connectivity index (χ0) is 37.4. The van der Waals surface area contributed by atoms with Gasteiger partial charge in [0.05, 0.1) is 13.2 Å². The van der Waals surface area contributed by atoms with Crippen molar-refractivity contribution in [2.45, 2.75) is 230 Å². The van der Waals surface area contributed by atoms with Crippen LogP contribution in [0.3, 0.4) is 0 Å². The minimum atomic E-state index is -1.59. The van der Waals surface area contributed by atoms with E-state index in [0.29, 0.717) is 6.42 Å². The van der Waals surface area contributed by atoms with E-state index in [2.05, 4.69) is 13.8 Å². The monoisotopic (exact) mass is 731 g/mol. The summed E-state index contributed by atoms with van der Waals surface area (Å²) in [5.41, 5.74) is 0. The topological polar surface area (TPSA) is 152 Å². The summed E-state index contributed by atoms with van der Waals surface area (Å²) in [5, 5.41) is 39.9. The van der Waals surface area contributed by atoms with Crippen molar-refractivity contribution in [3.8, 4) is 0 Å². The lowest BCUT2D eigenvalue weighted by Gasteiger charge is -2.39. The normalized spacial score (nSPS) is 21.1. The largest absolute Gasteiger partial charge is 0.462 e. The number of hydrogen-bond acceptors (Lipinski definition) is 10. The Bertz CT molecular complexity index is 809. The molecule has 4 N–H and O–H groups in total. The Labute approximate surface area is 310 Å². The quantitative estimate of drug-likeness (QED) is 0.0371. The van der Waals surface area contributed by atoms with Crippen molar-refractivity contribution >= 4 is 11.9 Å².